The maximum atomic E-state index is 6.54. The second-order valence-corrected chi connectivity index (χ2v) is 9.98. The second kappa shape index (κ2) is 6.05. The van der Waals surface area contributed by atoms with E-state index in [1.54, 1.807) is 0 Å². The Balaban J connectivity index is 2.49. The fourth-order valence-corrected chi connectivity index (χ4v) is 5.76. The summed E-state index contributed by atoms with van der Waals surface area (Å²) < 4.78 is 6.54. The van der Waals surface area contributed by atoms with Crippen LogP contribution in [0.3, 0.4) is 0 Å². The zero-order chi connectivity index (χ0) is 11.3. The molecule has 0 N–H and O–H groups in total. The van der Waals surface area contributed by atoms with E-state index in [0.717, 1.165) is 5.92 Å². The molecule has 0 saturated heterocycles. The maximum absolute atomic E-state index is 6.54. The molecule has 0 bridgehead atoms. The van der Waals surface area contributed by atoms with Crippen LogP contribution in [0.2, 0.25) is 18.1 Å². The summed E-state index contributed by atoms with van der Waals surface area (Å²) in [5.74, 6) is 0.890. The van der Waals surface area contributed by atoms with Crippen molar-refractivity contribution >= 4 is 8.32 Å². The van der Waals surface area contributed by atoms with Crippen LogP contribution in [0.15, 0.2) is 0 Å². The summed E-state index contributed by atoms with van der Waals surface area (Å²) in [7, 11) is -1.33. The minimum atomic E-state index is -1.33. The van der Waals surface area contributed by atoms with E-state index in [0.29, 0.717) is 6.10 Å². The molecular weight excluding hydrogens is 200 g/mol. The van der Waals surface area contributed by atoms with Gasteiger partial charge in [-0.1, -0.05) is 40.5 Å². The molecule has 0 spiro atoms. The molecule has 1 aliphatic rings. The van der Waals surface area contributed by atoms with E-state index in [1.807, 2.05) is 0 Å². The topological polar surface area (TPSA) is 9.23 Å². The monoisotopic (exact) mass is 228 g/mol. The third-order valence-corrected chi connectivity index (χ3v) is 8.94. The van der Waals surface area contributed by atoms with E-state index < -0.39 is 8.32 Å². The van der Waals surface area contributed by atoms with Crippen LogP contribution in [0, 0.1) is 5.92 Å². The lowest BCUT2D eigenvalue weighted by molar-refractivity contribution is 0.118. The van der Waals surface area contributed by atoms with Gasteiger partial charge in [0.2, 0.25) is 0 Å². The summed E-state index contributed by atoms with van der Waals surface area (Å²) >= 11 is 0. The van der Waals surface area contributed by atoms with Crippen LogP contribution >= 0.6 is 0 Å². The average Bonchev–Trinajstić information content (AvgIpc) is 2.26. The maximum Gasteiger partial charge on any atom is 0.192 e. The van der Waals surface area contributed by atoms with Crippen molar-refractivity contribution in [2.75, 3.05) is 0 Å². The van der Waals surface area contributed by atoms with Gasteiger partial charge in [0, 0.05) is 6.10 Å². The number of hydrogen-bond acceptors (Lipinski definition) is 1. The van der Waals surface area contributed by atoms with Crippen LogP contribution < -0.4 is 0 Å². The third-order valence-electron chi connectivity index (χ3n) is 4.24. The van der Waals surface area contributed by atoms with Crippen molar-refractivity contribution in [3.8, 4) is 0 Å². The van der Waals surface area contributed by atoms with Gasteiger partial charge in [-0.15, -0.1) is 0 Å². The predicted molar refractivity (Wildman–Crippen MR) is 69.7 cm³/mol. The summed E-state index contributed by atoms with van der Waals surface area (Å²) in [5, 5.41) is 0. The number of hydrogen-bond donors (Lipinski definition) is 0. The van der Waals surface area contributed by atoms with Crippen molar-refractivity contribution in [3.63, 3.8) is 0 Å². The molecule has 1 saturated carbocycles. The normalized spacial score (nSPS) is 28.0. The van der Waals surface area contributed by atoms with Gasteiger partial charge < -0.3 is 4.43 Å². The Morgan fingerprint density at radius 2 is 1.67 bits per heavy atom. The molecule has 1 rings (SSSR count). The van der Waals surface area contributed by atoms with Crippen molar-refractivity contribution in [2.24, 2.45) is 5.92 Å². The van der Waals surface area contributed by atoms with Gasteiger partial charge in [-0.25, -0.2) is 0 Å². The summed E-state index contributed by atoms with van der Waals surface area (Å²) in [6.45, 7) is 9.35. The Bertz CT molecular complexity index is 169. The highest BCUT2D eigenvalue weighted by molar-refractivity contribution is 6.73. The van der Waals surface area contributed by atoms with Crippen LogP contribution in [0.25, 0.3) is 0 Å². The van der Waals surface area contributed by atoms with Crippen molar-refractivity contribution < 1.29 is 4.43 Å². The fourth-order valence-electron chi connectivity index (χ4n) is 2.84. The van der Waals surface area contributed by atoms with Crippen molar-refractivity contribution in [1.82, 2.24) is 0 Å². The van der Waals surface area contributed by atoms with Gasteiger partial charge in [-0.2, -0.15) is 0 Å². The lowest BCUT2D eigenvalue weighted by atomic mass is 9.89. The van der Waals surface area contributed by atoms with Crippen molar-refractivity contribution in [2.45, 2.75) is 77.6 Å². The molecule has 1 fully saturated rings. The van der Waals surface area contributed by atoms with E-state index in [4.69, 9.17) is 4.43 Å². The van der Waals surface area contributed by atoms with Crippen molar-refractivity contribution in [3.05, 3.63) is 0 Å². The van der Waals surface area contributed by atoms with Crippen LogP contribution in [-0.4, -0.2) is 14.4 Å². The molecule has 1 nitrogen and oxygen atoms in total. The van der Waals surface area contributed by atoms with Gasteiger partial charge in [0.1, 0.15) is 0 Å². The van der Waals surface area contributed by atoms with Gasteiger partial charge in [-0.3, -0.25) is 0 Å². The molecule has 0 amide bonds. The second-order valence-electron chi connectivity index (χ2n) is 5.26. The van der Waals surface area contributed by atoms with E-state index in [-0.39, 0.29) is 0 Å². The summed E-state index contributed by atoms with van der Waals surface area (Å²) in [4.78, 5) is 0. The van der Waals surface area contributed by atoms with E-state index in [2.05, 4.69) is 27.7 Å². The van der Waals surface area contributed by atoms with Crippen LogP contribution in [0.4, 0.5) is 0 Å². The molecule has 0 aromatic heterocycles. The number of rotatable bonds is 5. The molecule has 0 aromatic rings. The third kappa shape index (κ3) is 3.60. The highest BCUT2D eigenvalue weighted by Crippen LogP contribution is 2.31. The predicted octanol–water partition coefficient (Wildman–Crippen LogP) is 4.59. The van der Waals surface area contributed by atoms with Gasteiger partial charge in [0.05, 0.1) is 0 Å². The Kier molecular flexibility index (Phi) is 5.34. The molecule has 2 heteroatoms. The van der Waals surface area contributed by atoms with Crippen molar-refractivity contribution in [1.29, 1.82) is 0 Å². The molecule has 1 unspecified atom stereocenters. The first kappa shape index (κ1) is 13.2. The summed E-state index contributed by atoms with van der Waals surface area (Å²) in [6.07, 6.45) is 6.03. The summed E-state index contributed by atoms with van der Waals surface area (Å²) in [6, 6.07) is 3.89. The molecule has 90 valence electrons. The average molecular weight is 228 g/mol. The summed E-state index contributed by atoms with van der Waals surface area (Å²) in [5.41, 5.74) is 0. The van der Waals surface area contributed by atoms with Crippen LogP contribution in [0.5, 0.6) is 0 Å². The van der Waals surface area contributed by atoms with Crippen LogP contribution in [0.1, 0.15) is 53.4 Å². The van der Waals surface area contributed by atoms with E-state index in [1.165, 1.54) is 43.8 Å². The highest BCUT2D eigenvalue weighted by Gasteiger charge is 2.33. The SMILES string of the molecule is CC[Si](CC)(CC)OC1CCC[C@H](C)C1. The van der Waals surface area contributed by atoms with Gasteiger partial charge in [0.25, 0.3) is 0 Å². The van der Waals surface area contributed by atoms with E-state index >= 15 is 0 Å². The first-order chi connectivity index (χ1) is 7.15. The Hall–Kier alpha value is 0.177. The van der Waals surface area contributed by atoms with Gasteiger partial charge >= 0.3 is 0 Å². The molecule has 0 heterocycles. The highest BCUT2D eigenvalue weighted by atomic mass is 28.4. The largest absolute Gasteiger partial charge is 0.414 e. The molecule has 0 radical (unpaired) electrons. The first-order valence-electron chi connectivity index (χ1n) is 6.83. The fraction of sp³-hybridized carbons (Fsp3) is 1.00. The van der Waals surface area contributed by atoms with Gasteiger partial charge in [0.15, 0.2) is 8.32 Å². The van der Waals surface area contributed by atoms with Gasteiger partial charge in [-0.05, 0) is 36.9 Å². The molecule has 2 atom stereocenters. The quantitative estimate of drug-likeness (QED) is 0.626. The molecule has 15 heavy (non-hydrogen) atoms. The lowest BCUT2D eigenvalue weighted by Gasteiger charge is -2.36. The van der Waals surface area contributed by atoms with E-state index in [9.17, 15) is 0 Å². The molecule has 1 aliphatic carbocycles. The molecule has 0 aromatic carbocycles. The Labute approximate surface area is 96.7 Å². The van der Waals surface area contributed by atoms with Crippen LogP contribution in [-0.2, 0) is 4.43 Å². The smallest absolute Gasteiger partial charge is 0.192 e. The Morgan fingerprint density at radius 3 is 2.13 bits per heavy atom. The zero-order valence-corrected chi connectivity index (χ0v) is 12.0. The first-order valence-corrected chi connectivity index (χ1v) is 9.36. The standard InChI is InChI=1S/C13H28OSi/c1-5-15(6-2,7-3)14-13-10-8-9-12(4)11-13/h12-13H,5-11H2,1-4H3/t12-,13?/m0/s1. The lowest BCUT2D eigenvalue weighted by Crippen LogP contribution is -2.41. The molecule has 0 aliphatic heterocycles. The Morgan fingerprint density at radius 1 is 1.07 bits per heavy atom. The molecular formula is C13H28OSi. The minimum Gasteiger partial charge on any atom is -0.414 e. The zero-order valence-electron chi connectivity index (χ0n) is 11.0. The minimum absolute atomic E-state index is 0.597.